The monoisotopic (exact) mass is 313 g/mol. The number of carbonyl (C=O) groups is 1. The Labute approximate surface area is 133 Å². The maximum absolute atomic E-state index is 12.4. The molecule has 0 spiro atoms. The molecule has 0 saturated heterocycles. The number of nitrogens with zero attached hydrogens (tertiary/aromatic N) is 7. The Kier molecular flexibility index (Phi) is 4.22. The summed E-state index contributed by atoms with van der Waals surface area (Å²) in [5.41, 5.74) is 1.42. The maximum Gasteiger partial charge on any atom is 0.274 e. The van der Waals surface area contributed by atoms with Crippen molar-refractivity contribution in [2.24, 2.45) is 0 Å². The Bertz CT molecular complexity index is 771. The summed E-state index contributed by atoms with van der Waals surface area (Å²) >= 11 is 0. The van der Waals surface area contributed by atoms with Crippen molar-refractivity contribution in [3.8, 4) is 0 Å². The van der Waals surface area contributed by atoms with E-state index in [0.717, 1.165) is 12.1 Å². The van der Waals surface area contributed by atoms with Crippen LogP contribution in [0.15, 0.2) is 43.1 Å². The fraction of sp³-hybridized carbons (Fsp3) is 0.333. The van der Waals surface area contributed by atoms with Crippen molar-refractivity contribution in [1.82, 2.24) is 34.2 Å². The van der Waals surface area contributed by atoms with Crippen LogP contribution in [-0.2, 0) is 19.8 Å². The van der Waals surface area contributed by atoms with Crippen LogP contribution >= 0.6 is 0 Å². The van der Waals surface area contributed by atoms with Gasteiger partial charge in [0.25, 0.3) is 5.91 Å². The number of hydrogen-bond acceptors (Lipinski definition) is 4. The fourth-order valence-corrected chi connectivity index (χ4v) is 2.29. The molecule has 0 atom stereocenters. The van der Waals surface area contributed by atoms with Gasteiger partial charge in [0.1, 0.15) is 12.4 Å². The molecule has 8 heteroatoms. The first-order valence-corrected chi connectivity index (χ1v) is 7.43. The van der Waals surface area contributed by atoms with Crippen molar-refractivity contribution in [3.63, 3.8) is 0 Å². The van der Waals surface area contributed by atoms with Gasteiger partial charge in [-0.3, -0.25) is 18.8 Å². The summed E-state index contributed by atoms with van der Waals surface area (Å²) in [6.07, 6.45) is 9.06. The van der Waals surface area contributed by atoms with Gasteiger partial charge in [0.2, 0.25) is 0 Å². The van der Waals surface area contributed by atoms with E-state index in [9.17, 15) is 4.79 Å². The molecule has 3 heterocycles. The van der Waals surface area contributed by atoms with Gasteiger partial charge in [0, 0.05) is 50.5 Å². The first-order chi connectivity index (χ1) is 11.2. The first kappa shape index (κ1) is 15.0. The second kappa shape index (κ2) is 6.47. The average molecular weight is 313 g/mol. The SMILES string of the molecule is CCn1cc(CN(C)C(=O)c2ccn(Cn3cccn3)n2)cn1. The highest BCUT2D eigenvalue weighted by Gasteiger charge is 2.15. The van der Waals surface area contributed by atoms with E-state index in [-0.39, 0.29) is 5.91 Å². The number of aromatic nitrogens is 6. The molecule has 0 aliphatic carbocycles. The molecule has 0 unspecified atom stereocenters. The number of aryl methyl sites for hydroxylation is 1. The average Bonchev–Trinajstić information content (AvgIpc) is 3.28. The second-order valence-electron chi connectivity index (χ2n) is 5.29. The normalized spacial score (nSPS) is 10.9. The number of rotatable bonds is 6. The summed E-state index contributed by atoms with van der Waals surface area (Å²) in [5, 5.41) is 12.6. The molecule has 120 valence electrons. The summed E-state index contributed by atoms with van der Waals surface area (Å²) in [6.45, 7) is 3.82. The molecule has 0 N–H and O–H groups in total. The lowest BCUT2D eigenvalue weighted by atomic mass is 10.3. The van der Waals surface area contributed by atoms with Crippen LogP contribution in [0.4, 0.5) is 0 Å². The van der Waals surface area contributed by atoms with Crippen molar-refractivity contribution in [1.29, 1.82) is 0 Å². The van der Waals surface area contributed by atoms with Crippen LogP contribution < -0.4 is 0 Å². The molecule has 23 heavy (non-hydrogen) atoms. The summed E-state index contributed by atoms with van der Waals surface area (Å²) < 4.78 is 5.26. The van der Waals surface area contributed by atoms with Gasteiger partial charge in [-0.05, 0) is 19.1 Å². The minimum absolute atomic E-state index is 0.117. The Hall–Kier alpha value is -2.90. The summed E-state index contributed by atoms with van der Waals surface area (Å²) in [6, 6.07) is 3.57. The van der Waals surface area contributed by atoms with E-state index in [1.165, 1.54) is 0 Å². The molecule has 0 saturated carbocycles. The minimum atomic E-state index is -0.117. The van der Waals surface area contributed by atoms with E-state index in [4.69, 9.17) is 0 Å². The van der Waals surface area contributed by atoms with Crippen molar-refractivity contribution in [2.45, 2.75) is 26.7 Å². The molecule has 0 bridgehead atoms. The molecular weight excluding hydrogens is 294 g/mol. The Morgan fingerprint density at radius 3 is 2.78 bits per heavy atom. The lowest BCUT2D eigenvalue weighted by Gasteiger charge is -2.14. The highest BCUT2D eigenvalue weighted by molar-refractivity contribution is 5.91. The lowest BCUT2D eigenvalue weighted by Crippen LogP contribution is -2.26. The van der Waals surface area contributed by atoms with Crippen LogP contribution in [0.2, 0.25) is 0 Å². The molecule has 3 aromatic rings. The van der Waals surface area contributed by atoms with Gasteiger partial charge in [0.05, 0.1) is 6.20 Å². The van der Waals surface area contributed by atoms with E-state index in [1.54, 1.807) is 46.0 Å². The molecule has 0 radical (unpaired) electrons. The Balaban J connectivity index is 1.64. The molecule has 0 aliphatic rings. The highest BCUT2D eigenvalue weighted by Crippen LogP contribution is 2.07. The third-order valence-electron chi connectivity index (χ3n) is 3.49. The van der Waals surface area contributed by atoms with Gasteiger partial charge in [-0.2, -0.15) is 15.3 Å². The molecular formula is C15H19N7O. The Morgan fingerprint density at radius 2 is 2.09 bits per heavy atom. The highest BCUT2D eigenvalue weighted by atomic mass is 16.2. The van der Waals surface area contributed by atoms with Gasteiger partial charge in [-0.15, -0.1) is 0 Å². The summed E-state index contributed by atoms with van der Waals surface area (Å²) in [5.74, 6) is -0.117. The summed E-state index contributed by atoms with van der Waals surface area (Å²) in [7, 11) is 1.76. The van der Waals surface area contributed by atoms with Crippen molar-refractivity contribution < 1.29 is 4.79 Å². The standard InChI is InChI=1S/C15H19N7O/c1-3-20-11-13(9-17-20)10-19(2)15(23)14-5-8-22(18-14)12-21-7-4-6-16-21/h4-9,11H,3,10,12H2,1-2H3. The maximum atomic E-state index is 12.4. The molecule has 8 nitrogen and oxygen atoms in total. The fourth-order valence-electron chi connectivity index (χ4n) is 2.29. The number of carbonyl (C=O) groups excluding carboxylic acids is 1. The van der Waals surface area contributed by atoms with E-state index in [2.05, 4.69) is 15.3 Å². The van der Waals surface area contributed by atoms with Gasteiger partial charge in [-0.25, -0.2) is 0 Å². The van der Waals surface area contributed by atoms with Crippen molar-refractivity contribution in [3.05, 3.63) is 54.4 Å². The second-order valence-corrected chi connectivity index (χ2v) is 5.29. The molecule has 0 aromatic carbocycles. The quantitative estimate of drug-likeness (QED) is 0.682. The zero-order chi connectivity index (χ0) is 16.2. The van der Waals surface area contributed by atoms with Gasteiger partial charge in [0.15, 0.2) is 0 Å². The van der Waals surface area contributed by atoms with Crippen LogP contribution in [0.5, 0.6) is 0 Å². The molecule has 0 aliphatic heterocycles. The van der Waals surface area contributed by atoms with E-state index < -0.39 is 0 Å². The predicted molar refractivity (Wildman–Crippen MR) is 83.6 cm³/mol. The molecule has 1 amide bonds. The number of amides is 1. The van der Waals surface area contributed by atoms with Crippen molar-refractivity contribution in [2.75, 3.05) is 7.05 Å². The van der Waals surface area contributed by atoms with Crippen LogP contribution in [0.1, 0.15) is 23.0 Å². The Morgan fingerprint density at radius 1 is 1.22 bits per heavy atom. The zero-order valence-electron chi connectivity index (χ0n) is 13.2. The molecule has 3 rings (SSSR count). The van der Waals surface area contributed by atoms with Crippen LogP contribution in [0.3, 0.4) is 0 Å². The molecule has 3 aromatic heterocycles. The topological polar surface area (TPSA) is 73.8 Å². The minimum Gasteiger partial charge on any atom is -0.336 e. The van der Waals surface area contributed by atoms with E-state index in [1.807, 2.05) is 30.1 Å². The first-order valence-electron chi connectivity index (χ1n) is 7.43. The largest absolute Gasteiger partial charge is 0.336 e. The van der Waals surface area contributed by atoms with Gasteiger partial charge < -0.3 is 4.90 Å². The van der Waals surface area contributed by atoms with Crippen molar-refractivity contribution >= 4 is 5.91 Å². The van der Waals surface area contributed by atoms with E-state index >= 15 is 0 Å². The molecule has 0 fully saturated rings. The van der Waals surface area contributed by atoms with E-state index in [0.29, 0.717) is 18.9 Å². The lowest BCUT2D eigenvalue weighted by molar-refractivity contribution is 0.0778. The van der Waals surface area contributed by atoms with Gasteiger partial charge >= 0.3 is 0 Å². The summed E-state index contributed by atoms with van der Waals surface area (Å²) in [4.78, 5) is 14.1. The van der Waals surface area contributed by atoms with Crippen LogP contribution in [0.25, 0.3) is 0 Å². The smallest absolute Gasteiger partial charge is 0.274 e. The third-order valence-corrected chi connectivity index (χ3v) is 3.49. The van der Waals surface area contributed by atoms with Crippen LogP contribution in [0, 0.1) is 0 Å². The van der Waals surface area contributed by atoms with Crippen LogP contribution in [-0.4, -0.2) is 47.2 Å². The number of hydrogen-bond donors (Lipinski definition) is 0. The van der Waals surface area contributed by atoms with Gasteiger partial charge in [-0.1, -0.05) is 0 Å². The zero-order valence-corrected chi connectivity index (χ0v) is 13.2. The predicted octanol–water partition coefficient (Wildman–Crippen LogP) is 1.07. The third kappa shape index (κ3) is 3.47.